The van der Waals surface area contributed by atoms with Gasteiger partial charge < -0.3 is 19.8 Å². The highest BCUT2D eigenvalue weighted by Gasteiger charge is 2.28. The van der Waals surface area contributed by atoms with Crippen molar-refractivity contribution in [3.63, 3.8) is 0 Å². The maximum absolute atomic E-state index is 12.9. The Morgan fingerprint density at radius 1 is 1.31 bits per heavy atom. The van der Waals surface area contributed by atoms with Crippen LogP contribution in [-0.2, 0) is 29.2 Å². The molecule has 0 saturated heterocycles. The number of aryl methyl sites for hydroxylation is 1. The number of benzene rings is 1. The van der Waals surface area contributed by atoms with Crippen LogP contribution in [0.2, 0.25) is 0 Å². The molecule has 2 heterocycles. The number of aromatic nitrogens is 3. The van der Waals surface area contributed by atoms with Crippen molar-refractivity contribution in [2.24, 2.45) is 5.92 Å². The molecule has 3 atom stereocenters. The summed E-state index contributed by atoms with van der Waals surface area (Å²) < 4.78 is 8.16. The van der Waals surface area contributed by atoms with Crippen molar-refractivity contribution in [1.29, 1.82) is 0 Å². The SMILES string of the molecule is C[C@@H]1CN([C@H](C)CO)C(=O)CCCn2nncc2CO[C@@H]1CN(C)Cc1ccc(O)cc1. The topological polar surface area (TPSA) is 104 Å². The number of carbonyl (C=O) groups excluding carboxylic acids is 1. The Balaban J connectivity index is 1.76. The third kappa shape index (κ3) is 6.51. The van der Waals surface area contributed by atoms with Crippen LogP contribution in [0.1, 0.15) is 37.9 Å². The summed E-state index contributed by atoms with van der Waals surface area (Å²) in [4.78, 5) is 16.9. The third-order valence-corrected chi connectivity index (χ3v) is 6.02. The number of aromatic hydroxyl groups is 1. The minimum atomic E-state index is -0.245. The fourth-order valence-electron chi connectivity index (χ4n) is 4.03. The molecule has 1 amide bonds. The highest BCUT2D eigenvalue weighted by Crippen LogP contribution is 2.19. The van der Waals surface area contributed by atoms with E-state index in [0.29, 0.717) is 45.6 Å². The number of hydrogen-bond acceptors (Lipinski definition) is 7. The van der Waals surface area contributed by atoms with Crippen LogP contribution in [0.4, 0.5) is 0 Å². The number of fused-ring (bicyclic) bond motifs is 1. The third-order valence-electron chi connectivity index (χ3n) is 6.02. The van der Waals surface area contributed by atoms with Gasteiger partial charge in [-0.2, -0.15) is 0 Å². The molecule has 1 aromatic carbocycles. The Bertz CT molecular complexity index is 856. The predicted molar refractivity (Wildman–Crippen MR) is 120 cm³/mol. The van der Waals surface area contributed by atoms with Gasteiger partial charge >= 0.3 is 0 Å². The molecule has 9 heteroatoms. The van der Waals surface area contributed by atoms with E-state index in [0.717, 1.165) is 11.3 Å². The number of rotatable bonds is 6. The first-order valence-corrected chi connectivity index (χ1v) is 11.2. The van der Waals surface area contributed by atoms with E-state index >= 15 is 0 Å². The molecule has 0 radical (unpaired) electrons. The quantitative estimate of drug-likeness (QED) is 0.697. The molecule has 1 aliphatic rings. The van der Waals surface area contributed by atoms with Crippen molar-refractivity contribution < 1.29 is 19.7 Å². The highest BCUT2D eigenvalue weighted by molar-refractivity contribution is 5.76. The first-order valence-electron chi connectivity index (χ1n) is 11.2. The van der Waals surface area contributed by atoms with Crippen molar-refractivity contribution in [2.75, 3.05) is 26.7 Å². The van der Waals surface area contributed by atoms with Gasteiger partial charge in [-0.3, -0.25) is 9.69 Å². The summed E-state index contributed by atoms with van der Waals surface area (Å²) in [6, 6.07) is 6.94. The molecule has 0 bridgehead atoms. The lowest BCUT2D eigenvalue weighted by atomic mass is 10.0. The molecule has 176 valence electrons. The van der Waals surface area contributed by atoms with Crippen molar-refractivity contribution in [3.05, 3.63) is 41.7 Å². The summed E-state index contributed by atoms with van der Waals surface area (Å²) in [5.74, 6) is 0.344. The van der Waals surface area contributed by atoms with E-state index in [9.17, 15) is 15.0 Å². The Morgan fingerprint density at radius 2 is 2.06 bits per heavy atom. The van der Waals surface area contributed by atoms with Crippen molar-refractivity contribution >= 4 is 5.91 Å². The Hall–Kier alpha value is -2.49. The van der Waals surface area contributed by atoms with Crippen LogP contribution in [0.25, 0.3) is 0 Å². The van der Waals surface area contributed by atoms with Crippen LogP contribution in [0.3, 0.4) is 0 Å². The van der Waals surface area contributed by atoms with Crippen LogP contribution in [0.5, 0.6) is 5.75 Å². The summed E-state index contributed by atoms with van der Waals surface area (Å²) in [7, 11) is 2.03. The molecule has 1 aromatic heterocycles. The van der Waals surface area contributed by atoms with Crippen LogP contribution < -0.4 is 0 Å². The molecular weight excluding hydrogens is 410 g/mol. The second-order valence-electron chi connectivity index (χ2n) is 8.82. The van der Waals surface area contributed by atoms with Crippen molar-refractivity contribution in [2.45, 2.75) is 58.5 Å². The maximum atomic E-state index is 12.9. The first-order chi connectivity index (χ1) is 15.4. The summed E-state index contributed by atoms with van der Waals surface area (Å²) in [6.07, 6.45) is 2.65. The van der Waals surface area contributed by atoms with E-state index in [-0.39, 0.29) is 36.3 Å². The van der Waals surface area contributed by atoms with Gasteiger partial charge in [0, 0.05) is 38.5 Å². The van der Waals surface area contributed by atoms with E-state index in [4.69, 9.17) is 4.74 Å². The molecule has 3 rings (SSSR count). The number of amides is 1. The van der Waals surface area contributed by atoms with Gasteiger partial charge in [0.25, 0.3) is 0 Å². The zero-order chi connectivity index (χ0) is 23.1. The van der Waals surface area contributed by atoms with Gasteiger partial charge in [0.2, 0.25) is 5.91 Å². The smallest absolute Gasteiger partial charge is 0.222 e. The number of likely N-dealkylation sites (N-methyl/N-ethyl adjacent to an activating group) is 1. The lowest BCUT2D eigenvalue weighted by Crippen LogP contribution is -2.47. The number of carbonyl (C=O) groups is 1. The van der Waals surface area contributed by atoms with Crippen molar-refractivity contribution in [1.82, 2.24) is 24.8 Å². The van der Waals surface area contributed by atoms with Gasteiger partial charge in [0.05, 0.1) is 37.3 Å². The average Bonchev–Trinajstić information content (AvgIpc) is 3.22. The fourth-order valence-corrected chi connectivity index (χ4v) is 4.03. The summed E-state index contributed by atoms with van der Waals surface area (Å²) in [6.45, 7) is 6.80. The van der Waals surface area contributed by atoms with Gasteiger partial charge in [-0.1, -0.05) is 24.3 Å². The molecule has 9 nitrogen and oxygen atoms in total. The van der Waals surface area contributed by atoms with E-state index in [1.54, 1.807) is 27.9 Å². The Kier molecular flexibility index (Phi) is 8.60. The molecular formula is C23H35N5O4. The van der Waals surface area contributed by atoms with Crippen LogP contribution in [0, 0.1) is 5.92 Å². The Morgan fingerprint density at radius 3 is 2.78 bits per heavy atom. The number of ether oxygens (including phenoxy) is 1. The van der Waals surface area contributed by atoms with E-state index in [1.807, 2.05) is 26.1 Å². The number of aliphatic hydroxyl groups is 1. The summed E-state index contributed by atoms with van der Waals surface area (Å²) in [5, 5.41) is 27.4. The normalized spacial score (nSPS) is 21.7. The zero-order valence-electron chi connectivity index (χ0n) is 19.2. The second-order valence-corrected chi connectivity index (χ2v) is 8.82. The minimum absolute atomic E-state index is 0.0387. The number of phenolic OH excluding ortho intramolecular Hbond substituents is 1. The van der Waals surface area contributed by atoms with Gasteiger partial charge in [0.15, 0.2) is 0 Å². The lowest BCUT2D eigenvalue weighted by Gasteiger charge is -2.35. The number of hydrogen-bond donors (Lipinski definition) is 2. The van der Waals surface area contributed by atoms with Crippen molar-refractivity contribution in [3.8, 4) is 5.75 Å². The van der Waals surface area contributed by atoms with Gasteiger partial charge in [-0.25, -0.2) is 4.68 Å². The van der Waals surface area contributed by atoms with Gasteiger partial charge in [-0.15, -0.1) is 5.10 Å². The standard InChI is InChI=1S/C23H35N5O4/c1-17-12-27(18(2)15-29)23(31)5-4-10-28-20(11-24-25-28)16-32-22(17)14-26(3)13-19-6-8-21(30)9-7-19/h6-9,11,17-18,22,29-30H,4-5,10,12-16H2,1-3H3/t17-,18-,22-/m1/s1. The molecule has 1 aliphatic heterocycles. The first kappa shape index (κ1) is 24.2. The van der Waals surface area contributed by atoms with Gasteiger partial charge in [0.1, 0.15) is 5.75 Å². The molecule has 0 fully saturated rings. The predicted octanol–water partition coefficient (Wildman–Crippen LogP) is 1.64. The Labute approximate surface area is 189 Å². The minimum Gasteiger partial charge on any atom is -0.508 e. The van der Waals surface area contributed by atoms with E-state index < -0.39 is 0 Å². The molecule has 32 heavy (non-hydrogen) atoms. The van der Waals surface area contributed by atoms with Crippen LogP contribution in [0.15, 0.2) is 30.5 Å². The maximum Gasteiger partial charge on any atom is 0.222 e. The molecule has 0 aliphatic carbocycles. The lowest BCUT2D eigenvalue weighted by molar-refractivity contribution is -0.136. The monoisotopic (exact) mass is 445 g/mol. The zero-order valence-corrected chi connectivity index (χ0v) is 19.2. The van der Waals surface area contributed by atoms with Crippen LogP contribution >= 0.6 is 0 Å². The largest absolute Gasteiger partial charge is 0.508 e. The van der Waals surface area contributed by atoms with Gasteiger partial charge in [-0.05, 0) is 38.1 Å². The summed E-state index contributed by atoms with van der Waals surface area (Å²) >= 11 is 0. The number of phenols is 1. The highest BCUT2D eigenvalue weighted by atomic mass is 16.5. The average molecular weight is 446 g/mol. The van der Waals surface area contributed by atoms with E-state index in [1.165, 1.54) is 0 Å². The molecule has 0 spiro atoms. The van der Waals surface area contributed by atoms with Crippen LogP contribution in [-0.4, -0.2) is 79.8 Å². The molecule has 2 aromatic rings. The molecule has 2 N–H and O–H groups in total. The summed E-state index contributed by atoms with van der Waals surface area (Å²) in [5.41, 5.74) is 2.00. The van der Waals surface area contributed by atoms with E-state index in [2.05, 4.69) is 22.1 Å². The molecule has 0 unspecified atom stereocenters. The second kappa shape index (κ2) is 11.4. The molecule has 0 saturated carbocycles. The number of nitrogens with zero attached hydrogens (tertiary/aromatic N) is 5. The fraction of sp³-hybridized carbons (Fsp3) is 0.609. The number of aliphatic hydroxyl groups excluding tert-OH is 1.